The van der Waals surface area contributed by atoms with Crippen LogP contribution in [0.15, 0.2) is 180 Å². The van der Waals surface area contributed by atoms with Gasteiger partial charge in [-0.15, -0.1) is 11.8 Å². The SMILES string of the molecule is O=C(Nc1ccc(SCC(=O)N(c2ccccc2)c2ccccc2)cc1)/C(=C/c1ccc(OCc2ccccc2)cc1)NC(=O)c1ccccc1. The van der Waals surface area contributed by atoms with Crippen LogP contribution in [-0.4, -0.2) is 23.5 Å². The highest BCUT2D eigenvalue weighted by Crippen LogP contribution is 2.28. The van der Waals surface area contributed by atoms with Crippen LogP contribution in [-0.2, 0) is 16.2 Å². The molecule has 8 heteroatoms. The summed E-state index contributed by atoms with van der Waals surface area (Å²) in [7, 11) is 0. The summed E-state index contributed by atoms with van der Waals surface area (Å²) in [5.74, 6) is -0.0569. The molecule has 2 N–H and O–H groups in total. The molecular formula is C43H35N3O4S. The quantitative estimate of drug-likeness (QED) is 0.0933. The fourth-order valence-electron chi connectivity index (χ4n) is 5.14. The normalized spacial score (nSPS) is 10.9. The zero-order valence-electron chi connectivity index (χ0n) is 27.6. The minimum Gasteiger partial charge on any atom is -0.489 e. The van der Waals surface area contributed by atoms with E-state index in [1.54, 1.807) is 47.4 Å². The Morgan fingerprint density at radius 1 is 0.627 bits per heavy atom. The molecule has 0 aliphatic carbocycles. The molecule has 0 saturated heterocycles. The molecule has 0 saturated carbocycles. The van der Waals surface area contributed by atoms with Gasteiger partial charge in [0, 0.05) is 27.5 Å². The van der Waals surface area contributed by atoms with Gasteiger partial charge in [-0.2, -0.15) is 0 Å². The number of benzene rings is 6. The van der Waals surface area contributed by atoms with E-state index >= 15 is 0 Å². The van der Waals surface area contributed by atoms with E-state index in [0.29, 0.717) is 29.2 Å². The first-order chi connectivity index (χ1) is 25.0. The highest BCUT2D eigenvalue weighted by molar-refractivity contribution is 8.00. The largest absolute Gasteiger partial charge is 0.489 e. The maximum absolute atomic E-state index is 13.6. The fraction of sp³-hybridized carbons (Fsp3) is 0.0465. The second-order valence-corrected chi connectivity index (χ2v) is 12.4. The average Bonchev–Trinajstić information content (AvgIpc) is 3.18. The van der Waals surface area contributed by atoms with Gasteiger partial charge >= 0.3 is 0 Å². The highest BCUT2D eigenvalue weighted by Gasteiger charge is 2.19. The lowest BCUT2D eigenvalue weighted by Crippen LogP contribution is -2.30. The van der Waals surface area contributed by atoms with Gasteiger partial charge in [0.25, 0.3) is 11.8 Å². The monoisotopic (exact) mass is 689 g/mol. The standard InChI is InChI=1S/C43H35N3O4S/c47-41(46(36-17-9-3-10-18-36)37-19-11-4-12-20-37)31-51-39-27-23-35(24-28-39)44-43(49)40(45-42(48)34-15-7-2-8-16-34)29-32-21-25-38(26-22-32)50-30-33-13-5-1-6-14-33/h1-29H,30-31H2,(H,44,49)(H,45,48)/b40-29-. The third-order valence-electron chi connectivity index (χ3n) is 7.72. The van der Waals surface area contributed by atoms with Crippen molar-refractivity contribution in [3.63, 3.8) is 0 Å². The van der Waals surface area contributed by atoms with Crippen molar-refractivity contribution < 1.29 is 19.1 Å². The highest BCUT2D eigenvalue weighted by atomic mass is 32.2. The second-order valence-electron chi connectivity index (χ2n) is 11.4. The number of ether oxygens (including phenoxy) is 1. The van der Waals surface area contributed by atoms with Crippen molar-refractivity contribution in [1.29, 1.82) is 0 Å². The van der Waals surface area contributed by atoms with E-state index in [0.717, 1.165) is 21.8 Å². The second kappa shape index (κ2) is 17.3. The van der Waals surface area contributed by atoms with Gasteiger partial charge in [0.1, 0.15) is 18.1 Å². The Balaban J connectivity index is 1.12. The fourth-order valence-corrected chi connectivity index (χ4v) is 5.89. The van der Waals surface area contributed by atoms with E-state index in [2.05, 4.69) is 10.6 Å². The summed E-state index contributed by atoms with van der Waals surface area (Å²) < 4.78 is 5.90. The topological polar surface area (TPSA) is 87.7 Å². The first-order valence-corrected chi connectivity index (χ1v) is 17.3. The first-order valence-electron chi connectivity index (χ1n) is 16.3. The van der Waals surface area contributed by atoms with Crippen LogP contribution in [0.4, 0.5) is 17.1 Å². The number of thioether (sulfide) groups is 1. The number of para-hydroxylation sites is 2. The van der Waals surface area contributed by atoms with Crippen LogP contribution >= 0.6 is 11.8 Å². The lowest BCUT2D eigenvalue weighted by Gasteiger charge is -2.23. The molecule has 0 spiro atoms. The Hall–Kier alpha value is -6.38. The molecule has 3 amide bonds. The number of carbonyl (C=O) groups excluding carboxylic acids is 3. The van der Waals surface area contributed by atoms with Crippen molar-refractivity contribution in [1.82, 2.24) is 5.32 Å². The molecule has 6 rings (SSSR count). The lowest BCUT2D eigenvalue weighted by atomic mass is 10.1. The van der Waals surface area contributed by atoms with Crippen LogP contribution in [0.25, 0.3) is 6.08 Å². The molecule has 0 unspecified atom stereocenters. The smallest absolute Gasteiger partial charge is 0.272 e. The summed E-state index contributed by atoms with van der Waals surface area (Å²) in [4.78, 5) is 42.7. The Morgan fingerprint density at radius 3 is 1.76 bits per heavy atom. The first kappa shape index (κ1) is 34.5. The van der Waals surface area contributed by atoms with Gasteiger partial charge in [0.15, 0.2) is 0 Å². The predicted octanol–water partition coefficient (Wildman–Crippen LogP) is 9.13. The minimum atomic E-state index is -0.486. The molecule has 0 aromatic heterocycles. The van der Waals surface area contributed by atoms with E-state index in [9.17, 15) is 14.4 Å². The molecule has 0 bridgehead atoms. The van der Waals surface area contributed by atoms with Crippen molar-refractivity contribution in [2.45, 2.75) is 11.5 Å². The molecular weight excluding hydrogens is 655 g/mol. The van der Waals surface area contributed by atoms with Crippen LogP contribution in [0.3, 0.4) is 0 Å². The molecule has 252 valence electrons. The maximum atomic E-state index is 13.6. The number of hydrogen-bond donors (Lipinski definition) is 2. The van der Waals surface area contributed by atoms with Gasteiger partial charge in [-0.25, -0.2) is 0 Å². The molecule has 7 nitrogen and oxygen atoms in total. The number of rotatable bonds is 13. The van der Waals surface area contributed by atoms with E-state index in [1.165, 1.54) is 11.8 Å². The van der Waals surface area contributed by atoms with Crippen LogP contribution < -0.4 is 20.3 Å². The Kier molecular flexibility index (Phi) is 11.7. The number of nitrogens with one attached hydrogen (secondary N) is 2. The van der Waals surface area contributed by atoms with Gasteiger partial charge in [-0.3, -0.25) is 19.3 Å². The van der Waals surface area contributed by atoms with E-state index in [-0.39, 0.29) is 17.4 Å². The molecule has 0 heterocycles. The molecule has 0 radical (unpaired) electrons. The zero-order valence-corrected chi connectivity index (χ0v) is 28.5. The minimum absolute atomic E-state index is 0.0606. The number of carbonyl (C=O) groups is 3. The van der Waals surface area contributed by atoms with Gasteiger partial charge < -0.3 is 15.4 Å². The summed E-state index contributed by atoms with van der Waals surface area (Å²) in [5, 5.41) is 5.67. The van der Waals surface area contributed by atoms with Crippen LogP contribution in [0, 0.1) is 0 Å². The summed E-state index contributed by atoms with van der Waals surface area (Å²) in [6.07, 6.45) is 1.62. The molecule has 0 fully saturated rings. The van der Waals surface area contributed by atoms with Crippen molar-refractivity contribution in [3.8, 4) is 5.75 Å². The number of anilines is 3. The van der Waals surface area contributed by atoms with E-state index < -0.39 is 11.8 Å². The van der Waals surface area contributed by atoms with Gasteiger partial charge in [0.2, 0.25) is 5.91 Å². The Bertz CT molecular complexity index is 2030. The lowest BCUT2D eigenvalue weighted by molar-refractivity contribution is -0.115. The van der Waals surface area contributed by atoms with Gasteiger partial charge in [-0.05, 0) is 90.0 Å². The summed E-state index contributed by atoms with van der Waals surface area (Å²) in [5.41, 5.74) is 4.39. The average molecular weight is 690 g/mol. The van der Waals surface area contributed by atoms with Crippen molar-refractivity contribution >= 4 is 52.6 Å². The molecule has 51 heavy (non-hydrogen) atoms. The molecule has 0 aliphatic heterocycles. The van der Waals surface area contributed by atoms with Crippen LogP contribution in [0.5, 0.6) is 5.75 Å². The number of hydrogen-bond acceptors (Lipinski definition) is 5. The van der Waals surface area contributed by atoms with Crippen molar-refractivity contribution in [3.05, 3.63) is 192 Å². The predicted molar refractivity (Wildman–Crippen MR) is 205 cm³/mol. The molecule has 6 aromatic carbocycles. The maximum Gasteiger partial charge on any atom is 0.272 e. The summed E-state index contributed by atoms with van der Waals surface area (Å²) >= 11 is 1.41. The van der Waals surface area contributed by atoms with Crippen molar-refractivity contribution in [2.75, 3.05) is 16.0 Å². The summed E-state index contributed by atoms with van der Waals surface area (Å²) in [6, 6.07) is 52.3. The van der Waals surface area contributed by atoms with Crippen LogP contribution in [0.2, 0.25) is 0 Å². The summed E-state index contributed by atoms with van der Waals surface area (Å²) in [6.45, 7) is 0.435. The van der Waals surface area contributed by atoms with E-state index in [4.69, 9.17) is 4.74 Å². The van der Waals surface area contributed by atoms with Crippen molar-refractivity contribution in [2.24, 2.45) is 0 Å². The zero-order chi connectivity index (χ0) is 35.3. The third-order valence-corrected chi connectivity index (χ3v) is 8.72. The number of nitrogens with zero attached hydrogens (tertiary/aromatic N) is 1. The Labute approximate surface area is 301 Å². The Morgan fingerprint density at radius 2 is 1.18 bits per heavy atom. The number of amides is 3. The molecule has 0 aliphatic rings. The molecule has 6 aromatic rings. The van der Waals surface area contributed by atoms with Gasteiger partial charge in [-0.1, -0.05) is 97.1 Å². The van der Waals surface area contributed by atoms with E-state index in [1.807, 2.05) is 133 Å². The molecule has 0 atom stereocenters. The van der Waals surface area contributed by atoms with Gasteiger partial charge in [0.05, 0.1) is 5.75 Å². The van der Waals surface area contributed by atoms with Crippen LogP contribution in [0.1, 0.15) is 21.5 Å². The third kappa shape index (κ3) is 9.84.